The zero-order chi connectivity index (χ0) is 25.3. The molecule has 7 heteroatoms. The molecular formula is C29H39N3O4. The van der Waals surface area contributed by atoms with E-state index < -0.39 is 24.2 Å². The molecule has 4 rings (SSSR count). The summed E-state index contributed by atoms with van der Waals surface area (Å²) in [5, 5.41) is 26.2. The number of carbonyl (C=O) groups excluding carboxylic acids is 1. The van der Waals surface area contributed by atoms with Crippen LogP contribution >= 0.6 is 0 Å². The molecule has 2 heterocycles. The van der Waals surface area contributed by atoms with Crippen molar-refractivity contribution in [3.63, 3.8) is 0 Å². The van der Waals surface area contributed by atoms with Gasteiger partial charge in [0.15, 0.2) is 0 Å². The minimum absolute atomic E-state index is 0.166. The smallest absolute Gasteiger partial charge is 0.240 e. The molecule has 0 saturated carbocycles. The number of aliphatic hydroxyl groups is 2. The second-order valence-corrected chi connectivity index (χ2v) is 9.79. The van der Waals surface area contributed by atoms with E-state index in [9.17, 15) is 15.0 Å². The highest BCUT2D eigenvalue weighted by molar-refractivity contribution is 5.84. The number of benzene rings is 2. The molecule has 194 valence electrons. The Morgan fingerprint density at radius 1 is 1.06 bits per heavy atom. The van der Waals surface area contributed by atoms with E-state index in [-0.39, 0.29) is 12.5 Å². The van der Waals surface area contributed by atoms with E-state index in [1.807, 2.05) is 30.5 Å². The van der Waals surface area contributed by atoms with E-state index in [2.05, 4.69) is 40.6 Å². The van der Waals surface area contributed by atoms with Gasteiger partial charge in [-0.1, -0.05) is 61.4 Å². The van der Waals surface area contributed by atoms with Crippen molar-refractivity contribution >= 4 is 16.8 Å². The third-order valence-corrected chi connectivity index (χ3v) is 7.16. The summed E-state index contributed by atoms with van der Waals surface area (Å²) in [6.45, 7) is 2.50. The lowest BCUT2D eigenvalue weighted by atomic mass is 9.92. The predicted octanol–water partition coefficient (Wildman–Crippen LogP) is 3.60. The van der Waals surface area contributed by atoms with Crippen LogP contribution in [0.4, 0.5) is 0 Å². The van der Waals surface area contributed by atoms with Crippen molar-refractivity contribution < 1.29 is 19.8 Å². The van der Waals surface area contributed by atoms with Crippen LogP contribution in [0.5, 0.6) is 0 Å². The average Bonchev–Trinajstić information content (AvgIpc) is 3.48. The van der Waals surface area contributed by atoms with Gasteiger partial charge in [0.25, 0.3) is 0 Å². The summed E-state index contributed by atoms with van der Waals surface area (Å²) in [5.74, 6) is -0.641. The van der Waals surface area contributed by atoms with Crippen LogP contribution in [0.3, 0.4) is 0 Å². The molecule has 1 aliphatic rings. The van der Waals surface area contributed by atoms with Crippen LogP contribution in [0, 0.1) is 5.92 Å². The van der Waals surface area contributed by atoms with Crippen molar-refractivity contribution in [3.8, 4) is 0 Å². The first kappa shape index (κ1) is 26.4. The lowest BCUT2D eigenvalue weighted by Gasteiger charge is -2.24. The van der Waals surface area contributed by atoms with Crippen LogP contribution in [-0.4, -0.2) is 64.1 Å². The Kier molecular flexibility index (Phi) is 9.53. The molecule has 2 aromatic carbocycles. The van der Waals surface area contributed by atoms with E-state index in [4.69, 9.17) is 4.84 Å². The number of fused-ring (bicyclic) bond motifs is 1. The Labute approximate surface area is 213 Å². The Balaban J connectivity index is 1.28. The fraction of sp³-hybridized carbons (Fsp3) is 0.483. The topological polar surface area (TPSA) is 97.8 Å². The molecule has 0 aliphatic carbocycles. The van der Waals surface area contributed by atoms with Crippen molar-refractivity contribution in [1.82, 2.24) is 15.4 Å². The molecule has 4 atom stereocenters. The third kappa shape index (κ3) is 6.53. The molecule has 1 aliphatic heterocycles. The van der Waals surface area contributed by atoms with Gasteiger partial charge in [0.1, 0.15) is 12.1 Å². The molecule has 0 spiro atoms. The zero-order valence-corrected chi connectivity index (χ0v) is 21.1. The molecule has 0 radical (unpaired) electrons. The summed E-state index contributed by atoms with van der Waals surface area (Å²) in [7, 11) is 0. The average molecular weight is 494 g/mol. The van der Waals surface area contributed by atoms with E-state index in [1.54, 1.807) is 12.0 Å². The van der Waals surface area contributed by atoms with E-state index in [0.717, 1.165) is 48.6 Å². The first-order valence-corrected chi connectivity index (χ1v) is 13.2. The maximum absolute atomic E-state index is 13.2. The number of aromatic nitrogens is 1. The maximum Gasteiger partial charge on any atom is 0.240 e. The van der Waals surface area contributed by atoms with Crippen LogP contribution in [0.2, 0.25) is 0 Å². The number of para-hydroxylation sites is 1. The van der Waals surface area contributed by atoms with Crippen LogP contribution in [0.15, 0.2) is 60.8 Å². The highest BCUT2D eigenvalue weighted by atomic mass is 16.7. The summed E-state index contributed by atoms with van der Waals surface area (Å²) in [4.78, 5) is 22.5. The predicted molar refractivity (Wildman–Crippen MR) is 141 cm³/mol. The number of rotatable bonds is 13. The number of aromatic amines is 1. The van der Waals surface area contributed by atoms with Gasteiger partial charge < -0.3 is 20.5 Å². The molecule has 0 bridgehead atoms. The minimum atomic E-state index is -0.778. The van der Waals surface area contributed by atoms with E-state index >= 15 is 0 Å². The van der Waals surface area contributed by atoms with Crippen molar-refractivity contribution in [2.45, 2.75) is 63.7 Å². The largest absolute Gasteiger partial charge is 0.396 e. The molecule has 1 saturated heterocycles. The van der Waals surface area contributed by atoms with Gasteiger partial charge in [0.05, 0.1) is 12.7 Å². The number of carbonyl (C=O) groups is 1. The van der Waals surface area contributed by atoms with Crippen molar-refractivity contribution in [1.29, 1.82) is 0 Å². The summed E-state index contributed by atoms with van der Waals surface area (Å²) in [5.41, 5.74) is 3.59. The number of unbranched alkanes of at least 4 members (excludes halogenated alkanes) is 3. The maximum atomic E-state index is 13.2. The minimum Gasteiger partial charge on any atom is -0.396 e. The summed E-state index contributed by atoms with van der Waals surface area (Å²) < 4.78 is 0. The molecule has 1 fully saturated rings. The second kappa shape index (κ2) is 13.0. The number of hydrogen-bond donors (Lipinski definition) is 4. The summed E-state index contributed by atoms with van der Waals surface area (Å²) in [6, 6.07) is 18.0. The number of amides is 1. The van der Waals surface area contributed by atoms with Gasteiger partial charge in [-0.15, -0.1) is 0 Å². The Morgan fingerprint density at radius 2 is 1.81 bits per heavy atom. The molecule has 1 amide bonds. The Bertz CT molecular complexity index is 1080. The van der Waals surface area contributed by atoms with Crippen molar-refractivity contribution in [2.24, 2.45) is 5.92 Å². The van der Waals surface area contributed by atoms with Crippen LogP contribution in [0.25, 0.3) is 10.9 Å². The highest BCUT2D eigenvalue weighted by Crippen LogP contribution is 2.30. The number of nitrogens with one attached hydrogen (secondary N) is 2. The van der Waals surface area contributed by atoms with Crippen molar-refractivity contribution in [2.75, 3.05) is 19.7 Å². The Hall–Kier alpha value is -2.71. The van der Waals surface area contributed by atoms with Gasteiger partial charge in [-0.05, 0) is 49.8 Å². The van der Waals surface area contributed by atoms with Gasteiger partial charge in [0, 0.05) is 36.1 Å². The normalized spacial score (nSPS) is 21.1. The number of aliphatic hydroxyl groups excluding tert-OH is 2. The van der Waals surface area contributed by atoms with Gasteiger partial charge in [-0.25, -0.2) is 0 Å². The van der Waals surface area contributed by atoms with Crippen LogP contribution in [-0.2, 0) is 22.5 Å². The number of hydroxylamine groups is 2. The molecule has 4 N–H and O–H groups in total. The van der Waals surface area contributed by atoms with Gasteiger partial charge in [-0.2, -0.15) is 5.06 Å². The zero-order valence-electron chi connectivity index (χ0n) is 21.1. The highest BCUT2D eigenvalue weighted by Gasteiger charge is 2.48. The number of aryl methyl sites for hydroxylation is 1. The molecule has 1 unspecified atom stereocenters. The molecule has 3 aromatic rings. The van der Waals surface area contributed by atoms with Crippen LogP contribution in [0.1, 0.15) is 43.7 Å². The summed E-state index contributed by atoms with van der Waals surface area (Å²) in [6.07, 6.45) is 6.53. The second-order valence-electron chi connectivity index (χ2n) is 9.79. The first-order chi connectivity index (χ1) is 17.6. The molecular weight excluding hydrogens is 454 g/mol. The van der Waals surface area contributed by atoms with Gasteiger partial charge >= 0.3 is 0 Å². The number of H-pyrrole nitrogens is 1. The molecule has 36 heavy (non-hydrogen) atoms. The first-order valence-electron chi connectivity index (χ1n) is 13.2. The fourth-order valence-electron chi connectivity index (χ4n) is 5.22. The quantitative estimate of drug-likeness (QED) is 0.273. The standard InChI is InChI=1S/C29H39N3O4/c1-21(34)28-25(20-33)27(29(35)30-17-16-23-19-31-26-15-9-8-14-24(23)26)32(36-28)18-10-3-2-5-11-22-12-6-4-7-13-22/h4,6-9,12-15,19,21,25,27-28,31,33-34H,2-3,5,10-11,16-18,20H2,1H3,(H,30,35)/t21-,25-,27-,28?/m0/s1. The number of nitrogens with zero attached hydrogens (tertiary/aromatic N) is 1. The monoisotopic (exact) mass is 493 g/mol. The number of hydrogen-bond acceptors (Lipinski definition) is 5. The van der Waals surface area contributed by atoms with E-state index in [1.165, 1.54) is 5.56 Å². The van der Waals surface area contributed by atoms with Gasteiger partial charge in [0.2, 0.25) is 5.91 Å². The van der Waals surface area contributed by atoms with Gasteiger partial charge in [-0.3, -0.25) is 9.63 Å². The van der Waals surface area contributed by atoms with E-state index in [0.29, 0.717) is 19.5 Å². The lowest BCUT2D eigenvalue weighted by Crippen LogP contribution is -2.48. The molecule has 1 aromatic heterocycles. The fourth-order valence-corrected chi connectivity index (χ4v) is 5.22. The lowest BCUT2D eigenvalue weighted by molar-refractivity contribution is -0.187. The van der Waals surface area contributed by atoms with Crippen LogP contribution < -0.4 is 5.32 Å². The Morgan fingerprint density at radius 3 is 2.58 bits per heavy atom. The molecule has 7 nitrogen and oxygen atoms in total. The van der Waals surface area contributed by atoms with Crippen molar-refractivity contribution in [3.05, 3.63) is 71.9 Å². The SMILES string of the molecule is C[C@H](O)C1ON(CCCCCCc2ccccc2)[C@H](C(=O)NCCc2c[nH]c3ccccc23)[C@@H]1CO. The summed E-state index contributed by atoms with van der Waals surface area (Å²) >= 11 is 0. The third-order valence-electron chi connectivity index (χ3n) is 7.16.